The van der Waals surface area contributed by atoms with Crippen LogP contribution < -0.4 is 5.32 Å². The van der Waals surface area contributed by atoms with Gasteiger partial charge in [0.05, 0.1) is 12.5 Å². The van der Waals surface area contributed by atoms with Crippen LogP contribution in [0.2, 0.25) is 0 Å². The minimum Gasteiger partial charge on any atom is -0.508 e. The van der Waals surface area contributed by atoms with E-state index < -0.39 is 5.97 Å². The standard InChI is InChI=1S/C19H18N2O3/c22-16-8-4-2-6-13(16)18-19-14(9-11(20-18)10-17(23)24)12-5-1-3-7-15(12)21-19/h1-8,11,18,20-22H,9-10H2,(H,23,24)/t11-,18+/m1/s1. The third-order valence-electron chi connectivity index (χ3n) is 4.66. The summed E-state index contributed by atoms with van der Waals surface area (Å²) in [5, 5.41) is 24.0. The van der Waals surface area contributed by atoms with Gasteiger partial charge in [-0.15, -0.1) is 0 Å². The molecule has 2 atom stereocenters. The summed E-state index contributed by atoms with van der Waals surface area (Å²) in [7, 11) is 0. The highest BCUT2D eigenvalue weighted by Crippen LogP contribution is 2.38. The highest BCUT2D eigenvalue weighted by Gasteiger charge is 2.32. The molecule has 1 aliphatic rings. The van der Waals surface area contributed by atoms with Gasteiger partial charge in [-0.05, 0) is 24.1 Å². The van der Waals surface area contributed by atoms with Gasteiger partial charge in [0, 0.05) is 28.2 Å². The molecule has 0 aliphatic carbocycles. The molecule has 0 bridgehead atoms. The highest BCUT2D eigenvalue weighted by atomic mass is 16.4. The summed E-state index contributed by atoms with van der Waals surface area (Å²) in [5.41, 5.74) is 3.91. The number of hydrogen-bond donors (Lipinski definition) is 4. The van der Waals surface area contributed by atoms with Gasteiger partial charge in [-0.1, -0.05) is 36.4 Å². The number of hydrogen-bond acceptors (Lipinski definition) is 3. The Balaban J connectivity index is 1.87. The molecular weight excluding hydrogens is 304 g/mol. The molecule has 122 valence electrons. The average Bonchev–Trinajstić information content (AvgIpc) is 2.93. The number of aromatic nitrogens is 1. The molecule has 0 amide bonds. The van der Waals surface area contributed by atoms with Crippen molar-refractivity contribution in [1.82, 2.24) is 10.3 Å². The fourth-order valence-electron chi connectivity index (χ4n) is 3.63. The Morgan fingerprint density at radius 1 is 1.12 bits per heavy atom. The first kappa shape index (κ1) is 14.8. The minimum absolute atomic E-state index is 0.0447. The molecule has 3 aromatic rings. The lowest BCUT2D eigenvalue weighted by Gasteiger charge is -2.31. The molecule has 0 unspecified atom stereocenters. The van der Waals surface area contributed by atoms with Gasteiger partial charge in [0.2, 0.25) is 0 Å². The van der Waals surface area contributed by atoms with E-state index in [2.05, 4.69) is 16.4 Å². The number of benzene rings is 2. The van der Waals surface area contributed by atoms with Crippen LogP contribution in [0.25, 0.3) is 10.9 Å². The van der Waals surface area contributed by atoms with E-state index >= 15 is 0 Å². The largest absolute Gasteiger partial charge is 0.508 e. The lowest BCUT2D eigenvalue weighted by atomic mass is 9.89. The number of phenols is 1. The van der Waals surface area contributed by atoms with Gasteiger partial charge in [0.25, 0.3) is 0 Å². The van der Waals surface area contributed by atoms with E-state index in [9.17, 15) is 15.0 Å². The number of nitrogens with one attached hydrogen (secondary N) is 2. The van der Waals surface area contributed by atoms with Crippen molar-refractivity contribution in [2.24, 2.45) is 0 Å². The number of phenolic OH excluding ortho intramolecular Hbond substituents is 1. The van der Waals surface area contributed by atoms with E-state index in [-0.39, 0.29) is 24.3 Å². The summed E-state index contributed by atoms with van der Waals surface area (Å²) >= 11 is 0. The van der Waals surface area contributed by atoms with Crippen molar-refractivity contribution in [1.29, 1.82) is 0 Å². The molecule has 5 heteroatoms. The fourth-order valence-corrected chi connectivity index (χ4v) is 3.63. The van der Waals surface area contributed by atoms with Crippen molar-refractivity contribution < 1.29 is 15.0 Å². The first-order valence-electron chi connectivity index (χ1n) is 7.98. The molecule has 2 aromatic carbocycles. The zero-order valence-corrected chi connectivity index (χ0v) is 13.0. The number of rotatable bonds is 3. The number of para-hydroxylation sites is 2. The van der Waals surface area contributed by atoms with Crippen molar-refractivity contribution >= 4 is 16.9 Å². The Kier molecular flexibility index (Phi) is 3.50. The predicted octanol–water partition coefficient (Wildman–Crippen LogP) is 2.95. The van der Waals surface area contributed by atoms with Crippen LogP contribution in [0, 0.1) is 0 Å². The van der Waals surface area contributed by atoms with Crippen molar-refractivity contribution in [3.63, 3.8) is 0 Å². The van der Waals surface area contributed by atoms with Crippen LogP contribution in [0.4, 0.5) is 0 Å². The lowest BCUT2D eigenvalue weighted by molar-refractivity contribution is -0.137. The summed E-state index contributed by atoms with van der Waals surface area (Å²) in [6.45, 7) is 0. The van der Waals surface area contributed by atoms with Gasteiger partial charge >= 0.3 is 5.97 Å². The van der Waals surface area contributed by atoms with E-state index in [0.717, 1.165) is 27.7 Å². The van der Waals surface area contributed by atoms with E-state index in [4.69, 9.17) is 0 Å². The van der Waals surface area contributed by atoms with Gasteiger partial charge < -0.3 is 20.5 Å². The normalized spacial score (nSPS) is 20.0. The topological polar surface area (TPSA) is 85.3 Å². The Bertz CT molecular complexity index is 916. The molecule has 0 saturated heterocycles. The number of carboxylic acid groups (broad SMARTS) is 1. The summed E-state index contributed by atoms with van der Waals surface area (Å²) in [5.74, 6) is -0.623. The molecule has 0 saturated carbocycles. The van der Waals surface area contributed by atoms with E-state index in [1.165, 1.54) is 0 Å². The number of aromatic hydroxyl groups is 1. The molecule has 4 N–H and O–H groups in total. The first-order chi connectivity index (χ1) is 11.6. The molecule has 1 aromatic heterocycles. The van der Waals surface area contributed by atoms with Gasteiger partial charge in [-0.25, -0.2) is 0 Å². The molecule has 24 heavy (non-hydrogen) atoms. The molecule has 1 aliphatic heterocycles. The second-order valence-corrected chi connectivity index (χ2v) is 6.22. The zero-order valence-electron chi connectivity index (χ0n) is 13.0. The number of aliphatic carboxylic acids is 1. The van der Waals surface area contributed by atoms with Crippen LogP contribution in [-0.4, -0.2) is 27.2 Å². The van der Waals surface area contributed by atoms with Gasteiger partial charge in [0.15, 0.2) is 0 Å². The minimum atomic E-state index is -0.827. The molecule has 5 nitrogen and oxygen atoms in total. The quantitative estimate of drug-likeness (QED) is 0.597. The molecular formula is C19H18N2O3. The average molecular weight is 322 g/mol. The Morgan fingerprint density at radius 2 is 1.88 bits per heavy atom. The maximum Gasteiger partial charge on any atom is 0.304 e. The zero-order chi connectivity index (χ0) is 16.7. The SMILES string of the molecule is O=C(O)C[C@H]1Cc2c([nH]c3ccccc23)[C@H](c2ccccc2O)N1. The van der Waals surface area contributed by atoms with Crippen LogP contribution >= 0.6 is 0 Å². The van der Waals surface area contributed by atoms with Crippen LogP contribution in [0.5, 0.6) is 5.75 Å². The Morgan fingerprint density at radius 3 is 2.67 bits per heavy atom. The third kappa shape index (κ3) is 2.43. The van der Waals surface area contributed by atoms with Gasteiger partial charge in [0.1, 0.15) is 5.75 Å². The second-order valence-electron chi connectivity index (χ2n) is 6.22. The Labute approximate surface area is 138 Å². The van der Waals surface area contributed by atoms with Crippen molar-refractivity contribution in [2.45, 2.75) is 24.9 Å². The summed E-state index contributed by atoms with van der Waals surface area (Å²) in [6.07, 6.45) is 0.693. The molecule has 0 fully saturated rings. The smallest absolute Gasteiger partial charge is 0.304 e. The number of carboxylic acids is 1. The number of carbonyl (C=O) groups is 1. The number of aromatic amines is 1. The van der Waals surface area contributed by atoms with E-state index in [1.54, 1.807) is 12.1 Å². The third-order valence-corrected chi connectivity index (χ3v) is 4.66. The summed E-state index contributed by atoms with van der Waals surface area (Å²) in [4.78, 5) is 14.6. The maximum absolute atomic E-state index is 11.2. The van der Waals surface area contributed by atoms with Gasteiger partial charge in [-0.2, -0.15) is 0 Å². The lowest BCUT2D eigenvalue weighted by Crippen LogP contribution is -2.41. The molecule has 4 rings (SSSR count). The van der Waals surface area contributed by atoms with E-state index in [1.807, 2.05) is 30.3 Å². The maximum atomic E-state index is 11.2. The molecule has 0 radical (unpaired) electrons. The molecule has 2 heterocycles. The van der Waals surface area contributed by atoms with Crippen LogP contribution in [-0.2, 0) is 11.2 Å². The second kappa shape index (κ2) is 5.69. The van der Waals surface area contributed by atoms with Crippen molar-refractivity contribution in [3.8, 4) is 5.75 Å². The summed E-state index contributed by atoms with van der Waals surface area (Å²) < 4.78 is 0. The number of H-pyrrole nitrogens is 1. The molecule has 0 spiro atoms. The monoisotopic (exact) mass is 322 g/mol. The van der Waals surface area contributed by atoms with Crippen molar-refractivity contribution in [2.75, 3.05) is 0 Å². The highest BCUT2D eigenvalue weighted by molar-refractivity contribution is 5.85. The van der Waals surface area contributed by atoms with Crippen molar-refractivity contribution in [3.05, 3.63) is 65.4 Å². The predicted molar refractivity (Wildman–Crippen MR) is 91.1 cm³/mol. The van der Waals surface area contributed by atoms with E-state index in [0.29, 0.717) is 6.42 Å². The van der Waals surface area contributed by atoms with Gasteiger partial charge in [-0.3, -0.25) is 4.79 Å². The van der Waals surface area contributed by atoms with Crippen LogP contribution in [0.3, 0.4) is 0 Å². The fraction of sp³-hybridized carbons (Fsp3) is 0.211. The first-order valence-corrected chi connectivity index (χ1v) is 7.98. The van der Waals surface area contributed by atoms with Crippen LogP contribution in [0.15, 0.2) is 48.5 Å². The Hall–Kier alpha value is -2.79. The van der Waals surface area contributed by atoms with Crippen LogP contribution in [0.1, 0.15) is 29.3 Å². The summed E-state index contributed by atoms with van der Waals surface area (Å²) in [6, 6.07) is 14.8. The number of fused-ring (bicyclic) bond motifs is 3.